The van der Waals surface area contributed by atoms with E-state index in [1.807, 2.05) is 6.07 Å². The molecule has 3 aromatic rings. The number of pyridine rings is 1. The summed E-state index contributed by atoms with van der Waals surface area (Å²) in [6, 6.07) is 5.69. The van der Waals surface area contributed by atoms with Crippen LogP contribution < -0.4 is 0 Å². The van der Waals surface area contributed by atoms with Gasteiger partial charge in [0.15, 0.2) is 5.65 Å². The quantitative estimate of drug-likeness (QED) is 0.667. The lowest BCUT2D eigenvalue weighted by atomic mass is 10.1. The van der Waals surface area contributed by atoms with Gasteiger partial charge in [0.25, 0.3) is 0 Å². The predicted octanol–water partition coefficient (Wildman–Crippen LogP) is 2.09. The maximum Gasteiger partial charge on any atom is 0.155 e. The Morgan fingerprint density at radius 2 is 2.31 bits per heavy atom. The van der Waals surface area contributed by atoms with Crippen molar-refractivity contribution in [3.05, 3.63) is 36.4 Å². The number of hydrogen-bond acceptors (Lipinski definition) is 4. The third-order valence-electron chi connectivity index (χ3n) is 2.37. The molecule has 0 unspecified atom stereocenters. The highest BCUT2D eigenvalue weighted by molar-refractivity contribution is 5.93. The largest absolute Gasteiger partial charge is 0.464 e. The highest BCUT2D eigenvalue weighted by Crippen LogP contribution is 2.29. The Morgan fingerprint density at radius 1 is 1.38 bits per heavy atom. The average Bonchev–Trinajstić information content (AvgIpc) is 2.98. The fraction of sp³-hybridized carbons (Fsp3) is 0. The van der Waals surface area contributed by atoms with E-state index in [4.69, 9.17) is 9.68 Å². The van der Waals surface area contributed by atoms with Crippen LogP contribution in [0.3, 0.4) is 0 Å². The minimum absolute atomic E-state index is 0.476. The molecule has 0 aliphatic carbocycles. The van der Waals surface area contributed by atoms with Crippen LogP contribution >= 0.6 is 0 Å². The number of furan rings is 1. The zero-order valence-electron chi connectivity index (χ0n) is 8.14. The Kier molecular flexibility index (Phi) is 1.74. The van der Waals surface area contributed by atoms with Crippen LogP contribution in [0.15, 0.2) is 35.2 Å². The average molecular weight is 210 g/mol. The van der Waals surface area contributed by atoms with Crippen molar-refractivity contribution in [1.82, 2.24) is 15.2 Å². The molecule has 0 saturated heterocycles. The second-order valence-electron chi connectivity index (χ2n) is 3.27. The molecule has 0 fully saturated rings. The fourth-order valence-corrected chi connectivity index (χ4v) is 1.67. The van der Waals surface area contributed by atoms with Gasteiger partial charge in [0.05, 0.1) is 23.4 Å². The van der Waals surface area contributed by atoms with Crippen LogP contribution in [0.4, 0.5) is 0 Å². The Labute approximate surface area is 90.3 Å². The summed E-state index contributed by atoms with van der Waals surface area (Å²) >= 11 is 0. The molecule has 76 valence electrons. The molecular formula is C11H6N4O. The number of aromatic amines is 1. The van der Waals surface area contributed by atoms with Gasteiger partial charge in [-0.05, 0) is 12.1 Å². The molecular weight excluding hydrogens is 204 g/mol. The molecule has 0 aromatic carbocycles. The molecule has 0 aliphatic heterocycles. The van der Waals surface area contributed by atoms with Gasteiger partial charge in [0, 0.05) is 11.8 Å². The molecule has 0 aliphatic rings. The van der Waals surface area contributed by atoms with Crippen molar-refractivity contribution in [2.75, 3.05) is 0 Å². The lowest BCUT2D eigenvalue weighted by molar-refractivity contribution is 0.583. The van der Waals surface area contributed by atoms with Gasteiger partial charge in [0.1, 0.15) is 11.8 Å². The highest BCUT2D eigenvalue weighted by Gasteiger charge is 2.14. The fourth-order valence-electron chi connectivity index (χ4n) is 1.67. The molecule has 5 nitrogen and oxygen atoms in total. The molecule has 0 spiro atoms. The zero-order valence-corrected chi connectivity index (χ0v) is 8.14. The van der Waals surface area contributed by atoms with E-state index < -0.39 is 0 Å². The van der Waals surface area contributed by atoms with Crippen molar-refractivity contribution in [3.8, 4) is 17.4 Å². The number of fused-ring (bicyclic) bond motifs is 1. The lowest BCUT2D eigenvalue weighted by Crippen LogP contribution is -1.87. The summed E-state index contributed by atoms with van der Waals surface area (Å²) in [5.41, 5.74) is 1.85. The normalized spacial score (nSPS) is 10.4. The molecule has 0 atom stereocenters. The smallest absolute Gasteiger partial charge is 0.155 e. The molecule has 1 N–H and O–H groups in total. The summed E-state index contributed by atoms with van der Waals surface area (Å²) in [6.45, 7) is 0. The summed E-state index contributed by atoms with van der Waals surface area (Å²) in [5.74, 6) is 0.644. The third-order valence-corrected chi connectivity index (χ3v) is 2.37. The highest BCUT2D eigenvalue weighted by atomic mass is 16.3. The number of nitrogens with one attached hydrogen (secondary N) is 1. The van der Waals surface area contributed by atoms with Gasteiger partial charge in [-0.1, -0.05) is 0 Å². The van der Waals surface area contributed by atoms with Crippen molar-refractivity contribution in [2.45, 2.75) is 0 Å². The Bertz CT molecular complexity index is 676. The molecule has 16 heavy (non-hydrogen) atoms. The summed E-state index contributed by atoms with van der Waals surface area (Å²) in [7, 11) is 0. The molecule has 3 aromatic heterocycles. The molecule has 0 amide bonds. The van der Waals surface area contributed by atoms with Gasteiger partial charge in [-0.3, -0.25) is 5.10 Å². The topological polar surface area (TPSA) is 78.5 Å². The molecule has 0 radical (unpaired) electrons. The Balaban J connectivity index is 2.44. The maximum atomic E-state index is 9.05. The van der Waals surface area contributed by atoms with E-state index in [9.17, 15) is 0 Å². The molecule has 3 rings (SSSR count). The summed E-state index contributed by atoms with van der Waals surface area (Å²) in [5, 5.41) is 16.5. The van der Waals surface area contributed by atoms with Gasteiger partial charge in [0.2, 0.25) is 0 Å². The number of aromatic nitrogens is 3. The number of nitriles is 1. The van der Waals surface area contributed by atoms with E-state index in [-0.39, 0.29) is 0 Å². The standard InChI is InChI=1S/C11H6N4O/c12-4-7-5-13-11-8(6-14-15-11)10(7)9-2-1-3-16-9/h1-3,5-6H,(H,13,14,15). The lowest BCUT2D eigenvalue weighted by Gasteiger charge is -2.00. The van der Waals surface area contributed by atoms with E-state index in [1.54, 1.807) is 18.5 Å². The van der Waals surface area contributed by atoms with Crippen LogP contribution in [0, 0.1) is 11.3 Å². The van der Waals surface area contributed by atoms with Crippen LogP contribution in [0.1, 0.15) is 5.56 Å². The second-order valence-corrected chi connectivity index (χ2v) is 3.27. The summed E-state index contributed by atoms with van der Waals surface area (Å²) < 4.78 is 5.32. The minimum atomic E-state index is 0.476. The van der Waals surface area contributed by atoms with Crippen molar-refractivity contribution in [3.63, 3.8) is 0 Å². The molecule has 3 heterocycles. The maximum absolute atomic E-state index is 9.05. The molecule has 5 heteroatoms. The molecule has 0 saturated carbocycles. The van der Waals surface area contributed by atoms with Gasteiger partial charge in [-0.25, -0.2) is 4.98 Å². The third kappa shape index (κ3) is 1.10. The molecule has 0 bridgehead atoms. The van der Waals surface area contributed by atoms with Crippen LogP contribution in [0.5, 0.6) is 0 Å². The zero-order chi connectivity index (χ0) is 11.0. The summed E-state index contributed by atoms with van der Waals surface area (Å²) in [6.07, 6.45) is 4.72. The first-order valence-electron chi connectivity index (χ1n) is 4.66. The van der Waals surface area contributed by atoms with Crippen molar-refractivity contribution in [1.29, 1.82) is 5.26 Å². The SMILES string of the molecule is N#Cc1cnc2[nH]ncc2c1-c1ccco1. The van der Waals surface area contributed by atoms with Crippen LogP contribution in [0.25, 0.3) is 22.4 Å². The Morgan fingerprint density at radius 3 is 3.06 bits per heavy atom. The van der Waals surface area contributed by atoms with Crippen LogP contribution in [-0.4, -0.2) is 15.2 Å². The van der Waals surface area contributed by atoms with Crippen molar-refractivity contribution >= 4 is 11.0 Å². The number of H-pyrrole nitrogens is 1. The Hall–Kier alpha value is -2.61. The van der Waals surface area contributed by atoms with E-state index in [0.717, 1.165) is 10.9 Å². The monoisotopic (exact) mass is 210 g/mol. The van der Waals surface area contributed by atoms with Gasteiger partial charge in [-0.2, -0.15) is 10.4 Å². The van der Waals surface area contributed by atoms with Crippen LogP contribution in [-0.2, 0) is 0 Å². The number of rotatable bonds is 1. The summed E-state index contributed by atoms with van der Waals surface area (Å²) in [4.78, 5) is 4.10. The first kappa shape index (κ1) is 8.68. The first-order chi connectivity index (χ1) is 7.90. The van der Waals surface area contributed by atoms with E-state index in [0.29, 0.717) is 17.0 Å². The van der Waals surface area contributed by atoms with Gasteiger partial charge in [-0.15, -0.1) is 0 Å². The number of nitrogens with zero attached hydrogens (tertiary/aromatic N) is 3. The predicted molar refractivity (Wildman–Crippen MR) is 56.3 cm³/mol. The second kappa shape index (κ2) is 3.21. The minimum Gasteiger partial charge on any atom is -0.464 e. The number of hydrogen-bond donors (Lipinski definition) is 1. The van der Waals surface area contributed by atoms with Crippen molar-refractivity contribution in [2.24, 2.45) is 0 Å². The first-order valence-corrected chi connectivity index (χ1v) is 4.66. The van der Waals surface area contributed by atoms with Gasteiger partial charge < -0.3 is 4.42 Å². The van der Waals surface area contributed by atoms with Gasteiger partial charge >= 0.3 is 0 Å². The van der Waals surface area contributed by atoms with E-state index >= 15 is 0 Å². The van der Waals surface area contributed by atoms with E-state index in [2.05, 4.69) is 21.3 Å². The van der Waals surface area contributed by atoms with Crippen molar-refractivity contribution < 1.29 is 4.42 Å². The van der Waals surface area contributed by atoms with Crippen LogP contribution in [0.2, 0.25) is 0 Å². The van der Waals surface area contributed by atoms with E-state index in [1.165, 1.54) is 6.20 Å².